The van der Waals surface area contributed by atoms with Gasteiger partial charge < -0.3 is 24.9 Å². The Labute approximate surface area is 146 Å². The minimum Gasteiger partial charge on any atom is -0.546 e. The maximum Gasteiger partial charge on any atom is 0.257 e. The molecule has 2 aromatic rings. The minimum atomic E-state index is -1.27. The molecular formula is C19H19N2O4-. The summed E-state index contributed by atoms with van der Waals surface area (Å²) in [5.41, 5.74) is 2.38. The van der Waals surface area contributed by atoms with E-state index in [-0.39, 0.29) is 12.1 Å². The van der Waals surface area contributed by atoms with Gasteiger partial charge in [0.15, 0.2) is 0 Å². The van der Waals surface area contributed by atoms with Crippen molar-refractivity contribution in [1.82, 2.24) is 4.90 Å². The van der Waals surface area contributed by atoms with E-state index in [0.717, 1.165) is 17.7 Å². The van der Waals surface area contributed by atoms with Crippen LogP contribution in [0.15, 0.2) is 48.5 Å². The number of hydrogen-bond acceptors (Lipinski definition) is 5. The van der Waals surface area contributed by atoms with Gasteiger partial charge in [0.1, 0.15) is 18.5 Å². The van der Waals surface area contributed by atoms with E-state index in [4.69, 9.17) is 4.74 Å². The number of carbonyl (C=O) groups is 2. The van der Waals surface area contributed by atoms with Crippen LogP contribution in [-0.4, -0.2) is 29.9 Å². The number of carboxylic acid groups (broad SMARTS) is 1. The fraction of sp³-hybridized carbons (Fsp3) is 0.263. The summed E-state index contributed by atoms with van der Waals surface area (Å²) in [6.45, 7) is 2.17. The average molecular weight is 339 g/mol. The first-order chi connectivity index (χ1) is 12.1. The molecule has 1 aliphatic heterocycles. The maximum atomic E-state index is 12.8. The second-order valence-corrected chi connectivity index (χ2v) is 5.82. The molecule has 3 rings (SSSR count). The molecule has 0 saturated carbocycles. The van der Waals surface area contributed by atoms with Crippen LogP contribution in [0.25, 0.3) is 0 Å². The summed E-state index contributed by atoms with van der Waals surface area (Å²) in [7, 11) is 0. The van der Waals surface area contributed by atoms with E-state index >= 15 is 0 Å². The predicted octanol–water partition coefficient (Wildman–Crippen LogP) is 1.79. The quantitative estimate of drug-likeness (QED) is 0.868. The Hall–Kier alpha value is -3.02. The summed E-state index contributed by atoms with van der Waals surface area (Å²) in [5.74, 6) is -0.828. The highest BCUT2D eigenvalue weighted by Gasteiger charge is 2.31. The smallest absolute Gasteiger partial charge is 0.257 e. The Morgan fingerprint density at radius 3 is 2.60 bits per heavy atom. The minimum absolute atomic E-state index is 0.00141. The second kappa shape index (κ2) is 7.25. The molecule has 2 aromatic carbocycles. The lowest BCUT2D eigenvalue weighted by Gasteiger charge is -2.38. The summed E-state index contributed by atoms with van der Waals surface area (Å²) in [5, 5.41) is 13.9. The van der Waals surface area contributed by atoms with Gasteiger partial charge in [0.05, 0.1) is 11.5 Å². The summed E-state index contributed by atoms with van der Waals surface area (Å²) in [6, 6.07) is 14.5. The number of benzene rings is 2. The van der Waals surface area contributed by atoms with Crippen molar-refractivity contribution < 1.29 is 19.4 Å². The fourth-order valence-electron chi connectivity index (χ4n) is 2.92. The van der Waals surface area contributed by atoms with Gasteiger partial charge in [0, 0.05) is 12.2 Å². The van der Waals surface area contributed by atoms with Gasteiger partial charge in [-0.1, -0.05) is 31.2 Å². The van der Waals surface area contributed by atoms with Gasteiger partial charge in [-0.2, -0.15) is 0 Å². The van der Waals surface area contributed by atoms with Crippen molar-refractivity contribution >= 4 is 17.6 Å². The lowest BCUT2D eigenvalue weighted by molar-refractivity contribution is -0.307. The van der Waals surface area contributed by atoms with Gasteiger partial charge in [-0.25, -0.2) is 0 Å². The number of hydrogen-bond donors (Lipinski definition) is 1. The number of anilines is 1. The van der Waals surface area contributed by atoms with Crippen molar-refractivity contribution in [2.45, 2.75) is 19.5 Å². The average Bonchev–Trinajstić information content (AvgIpc) is 2.63. The van der Waals surface area contributed by atoms with E-state index in [1.807, 2.05) is 43.3 Å². The van der Waals surface area contributed by atoms with Crippen molar-refractivity contribution in [2.75, 3.05) is 18.5 Å². The molecule has 1 N–H and O–H groups in total. The number of carboxylic acids is 1. The van der Waals surface area contributed by atoms with Crippen LogP contribution in [0.5, 0.6) is 5.75 Å². The number of para-hydroxylation sites is 1. The van der Waals surface area contributed by atoms with Crippen LogP contribution >= 0.6 is 0 Å². The molecule has 6 heteroatoms. The van der Waals surface area contributed by atoms with Crippen molar-refractivity contribution in [3.8, 4) is 5.75 Å². The largest absolute Gasteiger partial charge is 0.546 e. The summed E-state index contributed by atoms with van der Waals surface area (Å²) in [4.78, 5) is 25.1. The standard InChI is InChI=1S/C19H20N2O4/c1-2-11-21-18(20-16-6-4-3-5-15(16)19(21)24)13-7-9-14(10-8-13)25-12-17(22)23/h3-10,18,20H,2,11-12H2,1H3,(H,22,23)/p-1/t18-/m1/s1. The Balaban J connectivity index is 1.86. The lowest BCUT2D eigenvalue weighted by Crippen LogP contribution is -2.43. The van der Waals surface area contributed by atoms with Crippen molar-refractivity contribution in [1.29, 1.82) is 0 Å². The molecule has 0 aromatic heterocycles. The normalized spacial score (nSPS) is 16.1. The fourth-order valence-corrected chi connectivity index (χ4v) is 2.92. The van der Waals surface area contributed by atoms with Crippen molar-refractivity contribution in [3.05, 3.63) is 59.7 Å². The zero-order valence-corrected chi connectivity index (χ0v) is 13.9. The van der Waals surface area contributed by atoms with Crippen molar-refractivity contribution in [2.24, 2.45) is 0 Å². The molecule has 0 spiro atoms. The van der Waals surface area contributed by atoms with Gasteiger partial charge >= 0.3 is 0 Å². The molecule has 0 saturated heterocycles. The summed E-state index contributed by atoms with van der Waals surface area (Å²) >= 11 is 0. The van der Waals surface area contributed by atoms with Gasteiger partial charge in [0.25, 0.3) is 5.91 Å². The second-order valence-electron chi connectivity index (χ2n) is 5.82. The molecule has 1 aliphatic rings. The summed E-state index contributed by atoms with van der Waals surface area (Å²) in [6.07, 6.45) is 0.566. The van der Waals surface area contributed by atoms with Gasteiger partial charge in [-0.15, -0.1) is 0 Å². The monoisotopic (exact) mass is 339 g/mol. The van der Waals surface area contributed by atoms with Crippen LogP contribution in [0.1, 0.15) is 35.4 Å². The molecule has 130 valence electrons. The summed E-state index contributed by atoms with van der Waals surface area (Å²) < 4.78 is 5.10. The number of fused-ring (bicyclic) bond motifs is 1. The molecule has 0 aliphatic carbocycles. The first-order valence-corrected chi connectivity index (χ1v) is 8.19. The van der Waals surface area contributed by atoms with E-state index in [1.54, 1.807) is 17.0 Å². The third kappa shape index (κ3) is 3.57. The van der Waals surface area contributed by atoms with Crippen molar-refractivity contribution in [3.63, 3.8) is 0 Å². The topological polar surface area (TPSA) is 81.7 Å². The molecule has 0 fully saturated rings. The number of rotatable bonds is 6. The third-order valence-electron chi connectivity index (χ3n) is 4.04. The first-order valence-electron chi connectivity index (χ1n) is 8.19. The van der Waals surface area contributed by atoms with Crippen LogP contribution in [0.3, 0.4) is 0 Å². The molecule has 0 bridgehead atoms. The predicted molar refractivity (Wildman–Crippen MR) is 91.1 cm³/mol. The number of carbonyl (C=O) groups excluding carboxylic acids is 2. The number of aliphatic carboxylic acids is 1. The van der Waals surface area contributed by atoms with Gasteiger partial charge in [-0.05, 0) is 36.2 Å². The van der Waals surface area contributed by atoms with E-state index in [0.29, 0.717) is 17.9 Å². The zero-order valence-electron chi connectivity index (χ0n) is 13.9. The van der Waals surface area contributed by atoms with E-state index < -0.39 is 12.6 Å². The highest BCUT2D eigenvalue weighted by molar-refractivity contribution is 6.01. The Morgan fingerprint density at radius 1 is 1.20 bits per heavy atom. The Morgan fingerprint density at radius 2 is 1.92 bits per heavy atom. The number of amides is 1. The SMILES string of the molecule is CCCN1C(=O)c2ccccc2N[C@H]1c1ccc(OCC(=O)[O-])cc1. The van der Waals surface area contributed by atoms with E-state index in [1.165, 1.54) is 0 Å². The maximum absolute atomic E-state index is 12.8. The van der Waals surface area contributed by atoms with Crippen LogP contribution in [0.2, 0.25) is 0 Å². The van der Waals surface area contributed by atoms with Crippen LogP contribution in [0.4, 0.5) is 5.69 Å². The zero-order chi connectivity index (χ0) is 17.8. The molecule has 6 nitrogen and oxygen atoms in total. The molecule has 1 atom stereocenters. The first kappa shape index (κ1) is 16.8. The highest BCUT2D eigenvalue weighted by Crippen LogP contribution is 2.33. The van der Waals surface area contributed by atoms with Crippen LogP contribution < -0.4 is 15.2 Å². The highest BCUT2D eigenvalue weighted by atomic mass is 16.5. The number of ether oxygens (including phenoxy) is 1. The van der Waals surface area contributed by atoms with Crippen LogP contribution in [0, 0.1) is 0 Å². The van der Waals surface area contributed by atoms with Crippen LogP contribution in [-0.2, 0) is 4.79 Å². The van der Waals surface area contributed by atoms with E-state index in [9.17, 15) is 14.7 Å². The number of nitrogens with zero attached hydrogens (tertiary/aromatic N) is 1. The molecular weight excluding hydrogens is 320 g/mol. The van der Waals surface area contributed by atoms with E-state index in [2.05, 4.69) is 5.32 Å². The Bertz CT molecular complexity index is 773. The molecule has 0 unspecified atom stereocenters. The Kier molecular flexibility index (Phi) is 4.88. The third-order valence-corrected chi connectivity index (χ3v) is 4.04. The van der Waals surface area contributed by atoms with Gasteiger partial charge in [0.2, 0.25) is 0 Å². The van der Waals surface area contributed by atoms with Gasteiger partial charge in [-0.3, -0.25) is 4.79 Å². The molecule has 1 amide bonds. The molecule has 25 heavy (non-hydrogen) atoms. The lowest BCUT2D eigenvalue weighted by atomic mass is 10.0. The molecule has 0 radical (unpaired) electrons. The number of nitrogens with one attached hydrogen (secondary N) is 1. The molecule has 1 heterocycles.